The number of hydrogen-bond acceptors (Lipinski definition) is 2. The first kappa shape index (κ1) is 23.5. The number of hydrogen-bond donors (Lipinski definition) is 0. The maximum absolute atomic E-state index is 12.1. The van der Waals surface area contributed by atoms with Gasteiger partial charge in [-0.2, -0.15) is 0 Å². The number of fused-ring (bicyclic) bond motifs is 1. The molecule has 2 amide bonds. The van der Waals surface area contributed by atoms with E-state index in [0.717, 1.165) is 24.8 Å². The van der Waals surface area contributed by atoms with Gasteiger partial charge in [-0.3, -0.25) is 14.5 Å². The molecule has 0 spiro atoms. The Labute approximate surface area is 198 Å². The first-order valence-corrected chi connectivity index (χ1v) is 12.2. The van der Waals surface area contributed by atoms with Crippen molar-refractivity contribution < 1.29 is 9.59 Å². The molecule has 0 aromatic heterocycles. The zero-order valence-electron chi connectivity index (χ0n) is 21.0. The van der Waals surface area contributed by atoms with Crippen LogP contribution in [0.5, 0.6) is 0 Å². The van der Waals surface area contributed by atoms with Gasteiger partial charge >= 0.3 is 0 Å². The van der Waals surface area contributed by atoms with Gasteiger partial charge in [-0.15, -0.1) is 0 Å². The lowest BCUT2D eigenvalue weighted by atomic mass is 9.66. The Morgan fingerprint density at radius 1 is 0.939 bits per heavy atom. The lowest BCUT2D eigenvalue weighted by Crippen LogP contribution is -2.30. The Kier molecular flexibility index (Phi) is 5.88. The number of amides is 2. The number of imide groups is 1. The van der Waals surface area contributed by atoms with Crippen LogP contribution in [0.15, 0.2) is 48.6 Å². The summed E-state index contributed by atoms with van der Waals surface area (Å²) >= 11 is 0. The van der Waals surface area contributed by atoms with Crippen LogP contribution in [0, 0.1) is 6.92 Å². The molecular weight excluding hydrogens is 406 g/mol. The van der Waals surface area contributed by atoms with Crippen LogP contribution in [0.25, 0.3) is 0 Å². The highest BCUT2D eigenvalue weighted by molar-refractivity contribution is 5.85. The predicted octanol–water partition coefficient (Wildman–Crippen LogP) is 6.49. The fraction of sp³-hybridized carbons (Fsp3) is 0.467. The molecular formula is C30H37NO2. The SMILES string of the molecule is CCCC(=O)N(C=O)Cc1ccc(C2(c3cc4c(cc3C)C(C)(C)C=CC4(C)C)CC2)cc1. The van der Waals surface area contributed by atoms with E-state index in [1.807, 2.05) is 6.92 Å². The van der Waals surface area contributed by atoms with E-state index in [2.05, 4.69) is 83.2 Å². The first-order valence-electron chi connectivity index (χ1n) is 12.2. The van der Waals surface area contributed by atoms with Gasteiger partial charge in [0.15, 0.2) is 0 Å². The maximum Gasteiger partial charge on any atom is 0.229 e. The number of benzene rings is 2. The maximum atomic E-state index is 12.1. The fourth-order valence-corrected chi connectivity index (χ4v) is 5.39. The average molecular weight is 444 g/mol. The van der Waals surface area contributed by atoms with Gasteiger partial charge in [0.25, 0.3) is 0 Å². The van der Waals surface area contributed by atoms with Gasteiger partial charge in [0.1, 0.15) is 0 Å². The standard InChI is InChI=1S/C30H37NO2/c1-7-8-27(33)31(20-32)19-22-9-11-23(12-10-22)30(15-16-30)24-18-26-25(17-21(24)2)28(3,4)13-14-29(26,5)6/h9-14,17-18,20H,7-8,15-16,19H2,1-6H3. The van der Waals surface area contributed by atoms with Crippen molar-refractivity contribution in [2.45, 2.75) is 90.0 Å². The monoisotopic (exact) mass is 443 g/mol. The topological polar surface area (TPSA) is 37.4 Å². The molecule has 2 aromatic carbocycles. The predicted molar refractivity (Wildman–Crippen MR) is 134 cm³/mol. The summed E-state index contributed by atoms with van der Waals surface area (Å²) in [6.07, 6.45) is 8.83. The first-order chi connectivity index (χ1) is 15.5. The van der Waals surface area contributed by atoms with Crippen molar-refractivity contribution in [2.75, 3.05) is 0 Å². The second-order valence-corrected chi connectivity index (χ2v) is 11.1. The smallest absolute Gasteiger partial charge is 0.229 e. The molecule has 0 radical (unpaired) electrons. The zero-order chi connectivity index (χ0) is 24.0. The van der Waals surface area contributed by atoms with Crippen LogP contribution in [-0.4, -0.2) is 17.2 Å². The van der Waals surface area contributed by atoms with E-state index in [1.165, 1.54) is 32.7 Å². The summed E-state index contributed by atoms with van der Waals surface area (Å²) in [6, 6.07) is 13.5. The van der Waals surface area contributed by atoms with Crippen molar-refractivity contribution in [1.82, 2.24) is 4.90 Å². The minimum absolute atomic E-state index is 0.0244. The minimum Gasteiger partial charge on any atom is -0.281 e. The van der Waals surface area contributed by atoms with Gasteiger partial charge < -0.3 is 0 Å². The molecule has 33 heavy (non-hydrogen) atoms. The normalized spacial score (nSPS) is 19.0. The number of rotatable bonds is 7. The second kappa shape index (κ2) is 8.27. The average Bonchev–Trinajstić information content (AvgIpc) is 3.57. The minimum atomic E-state index is -0.112. The molecule has 174 valence electrons. The number of aryl methyl sites for hydroxylation is 1. The van der Waals surface area contributed by atoms with Crippen LogP contribution in [0.4, 0.5) is 0 Å². The molecule has 0 atom stereocenters. The Bertz CT molecular complexity index is 1100. The quantitative estimate of drug-likeness (QED) is 0.362. The number of allylic oxidation sites excluding steroid dienone is 2. The molecule has 1 fully saturated rings. The van der Waals surface area contributed by atoms with Crippen molar-refractivity contribution in [3.63, 3.8) is 0 Å². The van der Waals surface area contributed by atoms with E-state index in [9.17, 15) is 9.59 Å². The Morgan fingerprint density at radius 2 is 1.52 bits per heavy atom. The molecule has 4 rings (SSSR count). The molecule has 0 heterocycles. The van der Waals surface area contributed by atoms with Gasteiger partial charge in [-0.05, 0) is 59.6 Å². The molecule has 3 nitrogen and oxygen atoms in total. The van der Waals surface area contributed by atoms with E-state index >= 15 is 0 Å². The molecule has 2 aromatic rings. The van der Waals surface area contributed by atoms with E-state index in [4.69, 9.17) is 0 Å². The third-order valence-corrected chi connectivity index (χ3v) is 7.71. The van der Waals surface area contributed by atoms with Gasteiger partial charge in [0.2, 0.25) is 12.3 Å². The van der Waals surface area contributed by atoms with Crippen LogP contribution in [0.2, 0.25) is 0 Å². The summed E-state index contributed by atoms with van der Waals surface area (Å²) in [4.78, 5) is 24.8. The van der Waals surface area contributed by atoms with E-state index < -0.39 is 0 Å². The summed E-state index contributed by atoms with van der Waals surface area (Å²) in [5.74, 6) is -0.112. The summed E-state index contributed by atoms with van der Waals surface area (Å²) < 4.78 is 0. The molecule has 0 N–H and O–H groups in total. The van der Waals surface area contributed by atoms with Crippen LogP contribution in [-0.2, 0) is 32.4 Å². The lowest BCUT2D eigenvalue weighted by Gasteiger charge is -2.38. The van der Waals surface area contributed by atoms with Crippen LogP contribution in [0.1, 0.15) is 93.7 Å². The van der Waals surface area contributed by atoms with Crippen LogP contribution < -0.4 is 0 Å². The molecule has 3 heteroatoms. The highest BCUT2D eigenvalue weighted by Gasteiger charge is 2.47. The van der Waals surface area contributed by atoms with Gasteiger partial charge in [0.05, 0.1) is 6.54 Å². The van der Waals surface area contributed by atoms with Crippen LogP contribution >= 0.6 is 0 Å². The molecule has 2 aliphatic carbocycles. The summed E-state index contributed by atoms with van der Waals surface area (Å²) in [5, 5.41) is 0. The van der Waals surface area contributed by atoms with Crippen molar-refractivity contribution in [3.05, 3.63) is 81.9 Å². The Hall–Kier alpha value is -2.68. The summed E-state index contributed by atoms with van der Waals surface area (Å²) in [6.45, 7) is 13.8. The Balaban J connectivity index is 1.65. The van der Waals surface area contributed by atoms with Crippen molar-refractivity contribution in [1.29, 1.82) is 0 Å². The van der Waals surface area contributed by atoms with Crippen molar-refractivity contribution >= 4 is 12.3 Å². The number of carbonyl (C=O) groups is 2. The molecule has 0 aliphatic heterocycles. The molecule has 0 bridgehead atoms. The summed E-state index contributed by atoms with van der Waals surface area (Å²) in [7, 11) is 0. The zero-order valence-corrected chi connectivity index (χ0v) is 21.0. The van der Waals surface area contributed by atoms with Gasteiger partial charge in [-0.25, -0.2) is 0 Å². The molecule has 0 unspecified atom stereocenters. The molecule has 0 saturated heterocycles. The van der Waals surface area contributed by atoms with Crippen molar-refractivity contribution in [2.24, 2.45) is 0 Å². The fourth-order valence-electron chi connectivity index (χ4n) is 5.39. The van der Waals surface area contributed by atoms with Crippen molar-refractivity contribution in [3.8, 4) is 0 Å². The highest BCUT2D eigenvalue weighted by atomic mass is 16.2. The number of carbonyl (C=O) groups excluding carboxylic acids is 2. The van der Waals surface area contributed by atoms with Gasteiger partial charge in [0, 0.05) is 22.7 Å². The van der Waals surface area contributed by atoms with E-state index in [0.29, 0.717) is 19.4 Å². The third-order valence-electron chi connectivity index (χ3n) is 7.71. The molecule has 2 aliphatic rings. The highest BCUT2D eigenvalue weighted by Crippen LogP contribution is 2.56. The summed E-state index contributed by atoms with van der Waals surface area (Å²) in [5.41, 5.74) is 8.15. The Morgan fingerprint density at radius 3 is 2.03 bits per heavy atom. The van der Waals surface area contributed by atoms with E-state index in [1.54, 1.807) is 0 Å². The van der Waals surface area contributed by atoms with Crippen LogP contribution in [0.3, 0.4) is 0 Å². The lowest BCUT2D eigenvalue weighted by molar-refractivity contribution is -0.138. The third kappa shape index (κ3) is 4.18. The second-order valence-electron chi connectivity index (χ2n) is 11.1. The van der Waals surface area contributed by atoms with Gasteiger partial charge in [-0.1, -0.05) is 83.2 Å². The molecule has 1 saturated carbocycles. The van der Waals surface area contributed by atoms with E-state index in [-0.39, 0.29) is 22.2 Å². The number of nitrogens with zero attached hydrogens (tertiary/aromatic N) is 1. The largest absolute Gasteiger partial charge is 0.281 e.